The molecule has 9 heteroatoms. The van der Waals surface area contributed by atoms with Crippen LogP contribution in [0.5, 0.6) is 0 Å². The summed E-state index contributed by atoms with van der Waals surface area (Å²) in [6.45, 7) is 1.72. The van der Waals surface area contributed by atoms with Crippen LogP contribution in [0.15, 0.2) is 29.7 Å². The third-order valence-electron chi connectivity index (χ3n) is 3.33. The van der Waals surface area contributed by atoms with Gasteiger partial charge in [-0.3, -0.25) is 10.1 Å². The molecule has 0 saturated heterocycles. The summed E-state index contributed by atoms with van der Waals surface area (Å²) < 4.78 is 1.77. The van der Waals surface area contributed by atoms with Gasteiger partial charge in [-0.2, -0.15) is 0 Å². The molecule has 2 aromatic heterocycles. The van der Waals surface area contributed by atoms with Crippen molar-refractivity contribution in [1.82, 2.24) is 19.5 Å². The number of hydrogen-bond acceptors (Lipinski definition) is 6. The van der Waals surface area contributed by atoms with Gasteiger partial charge in [-0.05, 0) is 12.5 Å². The lowest BCUT2D eigenvalue weighted by molar-refractivity contribution is -0.385. The van der Waals surface area contributed by atoms with Crippen molar-refractivity contribution in [3.63, 3.8) is 0 Å². The van der Waals surface area contributed by atoms with E-state index < -0.39 is 0 Å². The number of nitrogens with zero attached hydrogens (tertiary/aromatic N) is 5. The van der Waals surface area contributed by atoms with Crippen molar-refractivity contribution < 1.29 is 4.92 Å². The molecular weight excluding hydrogens is 338 g/mol. The Hall–Kier alpha value is -2.19. The summed E-state index contributed by atoms with van der Waals surface area (Å²) in [4.78, 5) is 23.4. The Kier molecular flexibility index (Phi) is 4.18. The highest BCUT2D eigenvalue weighted by molar-refractivity contribution is 7.98. The van der Waals surface area contributed by atoms with Gasteiger partial charge in [-0.15, -0.1) is 0 Å². The number of nitro benzene ring substituents is 1. The van der Waals surface area contributed by atoms with E-state index in [1.165, 1.54) is 11.8 Å². The number of imidazole rings is 1. The molecule has 118 valence electrons. The molecule has 23 heavy (non-hydrogen) atoms. The highest BCUT2D eigenvalue weighted by Crippen LogP contribution is 2.27. The third kappa shape index (κ3) is 3.13. The van der Waals surface area contributed by atoms with E-state index >= 15 is 0 Å². The van der Waals surface area contributed by atoms with Crippen molar-refractivity contribution in [1.29, 1.82) is 0 Å². The zero-order valence-corrected chi connectivity index (χ0v) is 13.9. The lowest BCUT2D eigenvalue weighted by Gasteiger charge is -2.04. The minimum absolute atomic E-state index is 0.115. The summed E-state index contributed by atoms with van der Waals surface area (Å²) in [6, 6.07) is 5.18. The predicted octanol–water partition coefficient (Wildman–Crippen LogP) is 3.53. The minimum Gasteiger partial charge on any atom is -0.318 e. The first-order valence-electron chi connectivity index (χ1n) is 6.67. The maximum Gasteiger partial charge on any atom is 0.272 e. The summed E-state index contributed by atoms with van der Waals surface area (Å²) in [7, 11) is 1.83. The third-order valence-corrected chi connectivity index (χ3v) is 4.52. The maximum atomic E-state index is 11.0. The highest BCUT2D eigenvalue weighted by atomic mass is 35.5. The van der Waals surface area contributed by atoms with Gasteiger partial charge >= 0.3 is 0 Å². The average molecular weight is 350 g/mol. The molecule has 1 aromatic carbocycles. The van der Waals surface area contributed by atoms with Crippen LogP contribution in [-0.4, -0.2) is 24.4 Å². The van der Waals surface area contributed by atoms with E-state index in [0.717, 1.165) is 5.56 Å². The highest BCUT2D eigenvalue weighted by Gasteiger charge is 2.13. The lowest BCUT2D eigenvalue weighted by atomic mass is 10.1. The molecule has 3 aromatic rings. The number of fused-ring (bicyclic) bond motifs is 1. The van der Waals surface area contributed by atoms with E-state index in [4.69, 9.17) is 11.6 Å². The monoisotopic (exact) mass is 349 g/mol. The number of aryl methyl sites for hydroxylation is 2. The first-order valence-corrected chi connectivity index (χ1v) is 8.03. The van der Waals surface area contributed by atoms with Crippen LogP contribution >= 0.6 is 23.4 Å². The summed E-state index contributed by atoms with van der Waals surface area (Å²) in [5, 5.41) is 11.8. The standard InChI is InChI=1S/C14H12ClN5O2S/c1-8-3-4-9(5-10(8)20(21)22)6-23-14-17-12(15)11-13(18-14)19(2)7-16-11/h3-5,7H,6H2,1-2H3. The van der Waals surface area contributed by atoms with Crippen LogP contribution in [0.3, 0.4) is 0 Å². The van der Waals surface area contributed by atoms with Gasteiger partial charge in [0.25, 0.3) is 5.69 Å². The molecule has 0 aliphatic carbocycles. The van der Waals surface area contributed by atoms with Crippen LogP contribution in [-0.2, 0) is 12.8 Å². The number of hydrogen-bond donors (Lipinski definition) is 0. The molecule has 7 nitrogen and oxygen atoms in total. The average Bonchev–Trinajstić information content (AvgIpc) is 2.88. The topological polar surface area (TPSA) is 86.7 Å². The maximum absolute atomic E-state index is 11.0. The minimum atomic E-state index is -0.376. The number of benzene rings is 1. The summed E-state index contributed by atoms with van der Waals surface area (Å²) in [5.74, 6) is 0.515. The lowest BCUT2D eigenvalue weighted by Crippen LogP contribution is -1.95. The van der Waals surface area contributed by atoms with Gasteiger partial charge in [0, 0.05) is 24.4 Å². The normalized spacial score (nSPS) is 11.1. The zero-order valence-electron chi connectivity index (χ0n) is 12.4. The van der Waals surface area contributed by atoms with Gasteiger partial charge in [0.05, 0.1) is 11.3 Å². The van der Waals surface area contributed by atoms with Crippen molar-refractivity contribution in [2.75, 3.05) is 0 Å². The number of rotatable bonds is 4. The van der Waals surface area contributed by atoms with Crippen molar-refractivity contribution in [2.45, 2.75) is 17.8 Å². The van der Waals surface area contributed by atoms with Crippen molar-refractivity contribution >= 4 is 40.2 Å². The van der Waals surface area contributed by atoms with E-state index in [1.807, 2.05) is 13.1 Å². The molecule has 0 aliphatic heterocycles. The largest absolute Gasteiger partial charge is 0.318 e. The van der Waals surface area contributed by atoms with E-state index in [-0.39, 0.29) is 10.6 Å². The molecule has 0 amide bonds. The Bertz CT molecular complexity index is 912. The smallest absolute Gasteiger partial charge is 0.272 e. The quantitative estimate of drug-likeness (QED) is 0.235. The van der Waals surface area contributed by atoms with Crippen molar-refractivity contribution in [3.05, 3.63) is 50.9 Å². The Balaban J connectivity index is 1.85. The van der Waals surface area contributed by atoms with E-state index in [2.05, 4.69) is 15.0 Å². The molecule has 0 fully saturated rings. The summed E-state index contributed by atoms with van der Waals surface area (Å²) in [5.41, 5.74) is 2.80. The molecule has 0 spiro atoms. The fourth-order valence-electron chi connectivity index (χ4n) is 2.11. The second-order valence-electron chi connectivity index (χ2n) is 4.99. The van der Waals surface area contributed by atoms with Gasteiger partial charge in [0.1, 0.15) is 5.52 Å². The van der Waals surface area contributed by atoms with E-state index in [0.29, 0.717) is 32.8 Å². The number of aromatic nitrogens is 4. The van der Waals surface area contributed by atoms with Crippen molar-refractivity contribution in [2.24, 2.45) is 7.05 Å². The second-order valence-corrected chi connectivity index (χ2v) is 6.29. The van der Waals surface area contributed by atoms with Gasteiger partial charge in [0.15, 0.2) is 16.0 Å². The molecule has 0 saturated carbocycles. The zero-order chi connectivity index (χ0) is 16.6. The van der Waals surface area contributed by atoms with Crippen LogP contribution in [0.4, 0.5) is 5.69 Å². The van der Waals surface area contributed by atoms with Gasteiger partial charge in [0.2, 0.25) is 0 Å². The van der Waals surface area contributed by atoms with Crippen LogP contribution in [0.2, 0.25) is 5.15 Å². The Morgan fingerprint density at radius 1 is 1.39 bits per heavy atom. The van der Waals surface area contributed by atoms with Gasteiger partial charge in [-0.1, -0.05) is 35.5 Å². The van der Waals surface area contributed by atoms with Crippen LogP contribution in [0, 0.1) is 17.0 Å². The Labute approximate surface area is 140 Å². The molecule has 0 bridgehead atoms. The summed E-state index contributed by atoms with van der Waals surface area (Å²) in [6.07, 6.45) is 1.63. The Morgan fingerprint density at radius 3 is 2.91 bits per heavy atom. The van der Waals surface area contributed by atoms with Crippen LogP contribution < -0.4 is 0 Å². The molecule has 2 heterocycles. The van der Waals surface area contributed by atoms with Crippen LogP contribution in [0.25, 0.3) is 11.2 Å². The van der Waals surface area contributed by atoms with Gasteiger partial charge < -0.3 is 4.57 Å². The molecule has 0 unspecified atom stereocenters. The van der Waals surface area contributed by atoms with Crippen molar-refractivity contribution in [3.8, 4) is 0 Å². The predicted molar refractivity (Wildman–Crippen MR) is 88.7 cm³/mol. The molecule has 0 N–H and O–H groups in total. The number of halogens is 1. The molecule has 0 aliphatic rings. The molecule has 0 atom stereocenters. The molecule has 3 rings (SSSR count). The van der Waals surface area contributed by atoms with E-state index in [9.17, 15) is 10.1 Å². The summed E-state index contributed by atoms with van der Waals surface area (Å²) >= 11 is 7.49. The fraction of sp³-hybridized carbons (Fsp3) is 0.214. The first-order chi connectivity index (χ1) is 11.0. The second kappa shape index (κ2) is 6.13. The number of thioether (sulfide) groups is 1. The first kappa shape index (κ1) is 15.7. The van der Waals surface area contributed by atoms with E-state index in [1.54, 1.807) is 30.0 Å². The molecule has 0 radical (unpaired) electrons. The molecular formula is C14H12ClN5O2S. The Morgan fingerprint density at radius 2 is 2.17 bits per heavy atom. The van der Waals surface area contributed by atoms with Crippen LogP contribution in [0.1, 0.15) is 11.1 Å². The van der Waals surface area contributed by atoms with Gasteiger partial charge in [-0.25, -0.2) is 15.0 Å². The fourth-order valence-corrected chi connectivity index (χ4v) is 3.15. The SMILES string of the molecule is Cc1ccc(CSc2nc(Cl)c3ncn(C)c3n2)cc1[N+](=O)[O-]. The number of nitro groups is 1.